The molecule has 0 atom stereocenters. The Labute approximate surface area is 89.8 Å². The van der Waals surface area contributed by atoms with Crippen LogP contribution in [-0.4, -0.2) is 17.0 Å². The molecule has 1 amide bonds. The maximum atomic E-state index is 10.9. The molecule has 0 spiro atoms. The summed E-state index contributed by atoms with van der Waals surface area (Å²) in [7, 11) is 0. The molecule has 1 heterocycles. The van der Waals surface area contributed by atoms with Gasteiger partial charge in [0.05, 0.1) is 5.60 Å². The number of hydrogen-bond donors (Lipinski definition) is 0. The molecule has 1 rings (SSSR count). The predicted molar refractivity (Wildman–Crippen MR) is 58.4 cm³/mol. The Morgan fingerprint density at radius 1 is 1.47 bits per heavy atom. The lowest BCUT2D eigenvalue weighted by molar-refractivity contribution is -0.120. The molecule has 15 heavy (non-hydrogen) atoms. The van der Waals surface area contributed by atoms with Crippen molar-refractivity contribution >= 4 is 12.2 Å². The van der Waals surface area contributed by atoms with Crippen LogP contribution in [0.15, 0.2) is 18.3 Å². The zero-order valence-corrected chi connectivity index (χ0v) is 9.52. The number of aromatic nitrogens is 1. The fraction of sp³-hybridized carbons (Fsp3) is 0.455. The Kier molecular flexibility index (Phi) is 3.42. The van der Waals surface area contributed by atoms with E-state index in [4.69, 9.17) is 4.84 Å². The van der Waals surface area contributed by atoms with Crippen LogP contribution >= 0.6 is 0 Å². The van der Waals surface area contributed by atoms with Crippen molar-refractivity contribution in [2.45, 2.75) is 33.3 Å². The maximum Gasteiger partial charge on any atom is 0.239 e. The molecular weight excluding hydrogens is 192 g/mol. The molecular formula is C11H16N2O2. The predicted octanol–water partition coefficient (Wildman–Crippen LogP) is 2.08. The highest BCUT2D eigenvalue weighted by Crippen LogP contribution is 2.19. The van der Waals surface area contributed by atoms with Crippen LogP contribution < -0.4 is 5.06 Å². The van der Waals surface area contributed by atoms with Crippen LogP contribution in [-0.2, 0) is 9.63 Å². The van der Waals surface area contributed by atoms with Gasteiger partial charge in [-0.2, -0.15) is 5.06 Å². The van der Waals surface area contributed by atoms with Crippen LogP contribution in [0.25, 0.3) is 0 Å². The SMILES string of the molecule is Cc1cccnc1N(C=O)OC(C)(C)C. The van der Waals surface area contributed by atoms with Crippen molar-refractivity contribution in [1.29, 1.82) is 0 Å². The van der Waals surface area contributed by atoms with Crippen LogP contribution in [0.2, 0.25) is 0 Å². The first-order valence-corrected chi connectivity index (χ1v) is 4.79. The number of rotatable bonds is 3. The van der Waals surface area contributed by atoms with Crippen LogP contribution in [0.5, 0.6) is 0 Å². The molecule has 0 fully saturated rings. The van der Waals surface area contributed by atoms with Crippen molar-refractivity contribution < 1.29 is 9.63 Å². The summed E-state index contributed by atoms with van der Waals surface area (Å²) in [6.07, 6.45) is 2.26. The van der Waals surface area contributed by atoms with Crippen LogP contribution in [0, 0.1) is 6.92 Å². The summed E-state index contributed by atoms with van der Waals surface area (Å²) in [5, 5.41) is 1.16. The van der Waals surface area contributed by atoms with Crippen molar-refractivity contribution in [3.63, 3.8) is 0 Å². The molecule has 4 nitrogen and oxygen atoms in total. The quantitative estimate of drug-likeness (QED) is 0.564. The second kappa shape index (κ2) is 4.40. The first kappa shape index (κ1) is 11.7. The summed E-state index contributed by atoms with van der Waals surface area (Å²) in [5.41, 5.74) is 0.471. The summed E-state index contributed by atoms with van der Waals surface area (Å²) in [6.45, 7) is 7.51. The van der Waals surface area contributed by atoms with Crippen molar-refractivity contribution in [3.05, 3.63) is 23.9 Å². The van der Waals surface area contributed by atoms with E-state index in [0.29, 0.717) is 12.2 Å². The van der Waals surface area contributed by atoms with Gasteiger partial charge in [0.15, 0.2) is 5.82 Å². The number of nitrogens with zero attached hydrogens (tertiary/aromatic N) is 2. The van der Waals surface area contributed by atoms with E-state index in [2.05, 4.69) is 4.98 Å². The molecule has 0 aliphatic heterocycles. The van der Waals surface area contributed by atoms with Crippen molar-refractivity contribution in [2.24, 2.45) is 0 Å². The summed E-state index contributed by atoms with van der Waals surface area (Å²) < 4.78 is 0. The lowest BCUT2D eigenvalue weighted by Crippen LogP contribution is -2.33. The third-order valence-corrected chi connectivity index (χ3v) is 1.66. The summed E-state index contributed by atoms with van der Waals surface area (Å²) in [4.78, 5) is 20.5. The average Bonchev–Trinajstić information content (AvgIpc) is 2.14. The van der Waals surface area contributed by atoms with Crippen LogP contribution in [0.4, 0.5) is 5.82 Å². The molecule has 82 valence electrons. The third kappa shape index (κ3) is 3.32. The highest BCUT2D eigenvalue weighted by molar-refractivity contribution is 5.71. The molecule has 0 saturated heterocycles. The van der Waals surface area contributed by atoms with Gasteiger partial charge in [-0.1, -0.05) is 6.07 Å². The minimum absolute atomic E-state index is 0.426. The first-order valence-electron chi connectivity index (χ1n) is 4.79. The number of hydroxylamine groups is 1. The van der Waals surface area contributed by atoms with Crippen molar-refractivity contribution in [2.75, 3.05) is 5.06 Å². The Hall–Kier alpha value is -1.42. The van der Waals surface area contributed by atoms with Crippen molar-refractivity contribution in [1.82, 2.24) is 4.98 Å². The molecule has 0 aromatic carbocycles. The molecule has 0 aliphatic rings. The highest BCUT2D eigenvalue weighted by atomic mass is 16.7. The molecule has 0 bridgehead atoms. The lowest BCUT2D eigenvalue weighted by atomic mass is 10.2. The summed E-state index contributed by atoms with van der Waals surface area (Å²) in [5.74, 6) is 0.530. The van der Waals surface area contributed by atoms with Gasteiger partial charge in [0, 0.05) is 6.20 Å². The van der Waals surface area contributed by atoms with E-state index in [1.807, 2.05) is 39.8 Å². The number of hydrogen-bond acceptors (Lipinski definition) is 3. The molecule has 0 unspecified atom stereocenters. The average molecular weight is 208 g/mol. The van der Waals surface area contributed by atoms with E-state index in [0.717, 1.165) is 10.6 Å². The van der Waals surface area contributed by atoms with E-state index in [1.165, 1.54) is 0 Å². The summed E-state index contributed by atoms with van der Waals surface area (Å²) >= 11 is 0. The van der Waals surface area contributed by atoms with Gasteiger partial charge in [0.2, 0.25) is 6.41 Å². The Morgan fingerprint density at radius 2 is 2.13 bits per heavy atom. The Bertz CT molecular complexity index is 345. The second-order valence-corrected chi connectivity index (χ2v) is 4.28. The smallest absolute Gasteiger partial charge is 0.239 e. The van der Waals surface area contributed by atoms with E-state index in [9.17, 15) is 4.79 Å². The van der Waals surface area contributed by atoms with E-state index < -0.39 is 5.60 Å². The number of aryl methyl sites for hydroxylation is 1. The van der Waals surface area contributed by atoms with Crippen LogP contribution in [0.1, 0.15) is 26.3 Å². The zero-order valence-electron chi connectivity index (χ0n) is 9.52. The first-order chi connectivity index (χ1) is 6.94. The third-order valence-electron chi connectivity index (χ3n) is 1.66. The van der Waals surface area contributed by atoms with Gasteiger partial charge in [0.25, 0.3) is 0 Å². The normalized spacial score (nSPS) is 11.2. The molecule has 0 aliphatic carbocycles. The topological polar surface area (TPSA) is 42.4 Å². The van der Waals surface area contributed by atoms with Gasteiger partial charge in [0.1, 0.15) is 0 Å². The van der Waals surface area contributed by atoms with Gasteiger partial charge in [-0.25, -0.2) is 4.98 Å². The Balaban J connectivity index is 2.93. The number of carbonyl (C=O) groups excluding carboxylic acids is 1. The van der Waals surface area contributed by atoms with Crippen LogP contribution in [0.3, 0.4) is 0 Å². The fourth-order valence-electron chi connectivity index (χ4n) is 1.12. The zero-order chi connectivity index (χ0) is 11.5. The number of carbonyl (C=O) groups is 1. The minimum atomic E-state index is -0.426. The van der Waals surface area contributed by atoms with Gasteiger partial charge in [-0.05, 0) is 39.3 Å². The van der Waals surface area contributed by atoms with E-state index in [-0.39, 0.29) is 0 Å². The number of pyridine rings is 1. The maximum absolute atomic E-state index is 10.9. The van der Waals surface area contributed by atoms with E-state index >= 15 is 0 Å². The van der Waals surface area contributed by atoms with Gasteiger partial charge < -0.3 is 0 Å². The second-order valence-electron chi connectivity index (χ2n) is 4.28. The molecule has 4 heteroatoms. The molecule has 0 radical (unpaired) electrons. The molecule has 1 aromatic heterocycles. The number of amides is 1. The van der Waals surface area contributed by atoms with Gasteiger partial charge in [-0.15, -0.1) is 0 Å². The minimum Gasteiger partial charge on any atom is -0.276 e. The molecule has 0 N–H and O–H groups in total. The lowest BCUT2D eigenvalue weighted by Gasteiger charge is -2.26. The van der Waals surface area contributed by atoms with Gasteiger partial charge >= 0.3 is 0 Å². The Morgan fingerprint density at radius 3 is 2.60 bits per heavy atom. The number of anilines is 1. The summed E-state index contributed by atoms with van der Waals surface area (Å²) in [6, 6.07) is 3.70. The molecule has 0 saturated carbocycles. The fourth-order valence-corrected chi connectivity index (χ4v) is 1.12. The highest BCUT2D eigenvalue weighted by Gasteiger charge is 2.19. The van der Waals surface area contributed by atoms with E-state index in [1.54, 1.807) is 6.20 Å². The standard InChI is InChI=1S/C11H16N2O2/c1-9-6-5-7-12-10(9)13(8-14)15-11(2,3)4/h5-8H,1-4H3. The molecule has 1 aromatic rings. The van der Waals surface area contributed by atoms with Gasteiger partial charge in [-0.3, -0.25) is 9.63 Å². The van der Waals surface area contributed by atoms with Crippen molar-refractivity contribution in [3.8, 4) is 0 Å². The largest absolute Gasteiger partial charge is 0.276 e. The monoisotopic (exact) mass is 208 g/mol.